The third-order valence-corrected chi connectivity index (χ3v) is 10.8. The molecule has 2 atom stereocenters. The number of rotatable bonds is 6. The Morgan fingerprint density at radius 3 is 2.53 bits per heavy atom. The average molecular weight is 483 g/mol. The van der Waals surface area contributed by atoms with Gasteiger partial charge in [0.1, 0.15) is 11.6 Å². The minimum Gasteiger partial charge on any atom is -0.360 e. The van der Waals surface area contributed by atoms with Crippen LogP contribution in [0.2, 0.25) is 0 Å². The highest BCUT2D eigenvalue weighted by atomic mass is 32.2. The van der Waals surface area contributed by atoms with Crippen molar-refractivity contribution in [3.8, 4) is 11.4 Å². The summed E-state index contributed by atoms with van der Waals surface area (Å²) in [5, 5.41) is 0. The first-order valence-corrected chi connectivity index (χ1v) is 13.9. The molecule has 3 aliphatic rings. The van der Waals surface area contributed by atoms with Crippen LogP contribution in [0.15, 0.2) is 30.3 Å². The standard InChI is InChI=1S/C26H34N4O3S/c1-5-29(4)24-20-16-30(14-12-21(20)27-23(28-24)18-9-7-6-8-10-18)34(32,33)17-26-13-11-19(15-22(26)31)25(26,2)3/h6-10,19H,5,11-17H2,1-4H3. The van der Waals surface area contributed by atoms with Gasteiger partial charge in [0.15, 0.2) is 5.82 Å². The third kappa shape index (κ3) is 3.49. The van der Waals surface area contributed by atoms with Gasteiger partial charge < -0.3 is 4.90 Å². The summed E-state index contributed by atoms with van der Waals surface area (Å²) in [6.45, 7) is 7.60. The largest absolute Gasteiger partial charge is 0.360 e. The van der Waals surface area contributed by atoms with Crippen LogP contribution in [0.5, 0.6) is 0 Å². The van der Waals surface area contributed by atoms with Crippen molar-refractivity contribution in [2.75, 3.05) is 30.8 Å². The van der Waals surface area contributed by atoms with Crippen LogP contribution in [-0.4, -0.2) is 54.4 Å². The summed E-state index contributed by atoms with van der Waals surface area (Å²) in [6.07, 6.45) is 2.68. The Kier molecular flexibility index (Phi) is 5.60. The Morgan fingerprint density at radius 2 is 1.91 bits per heavy atom. The molecule has 2 unspecified atom stereocenters. The lowest BCUT2D eigenvalue weighted by atomic mass is 9.70. The monoisotopic (exact) mass is 482 g/mol. The Labute approximate surface area is 202 Å². The number of ketones is 1. The second-order valence-electron chi connectivity index (χ2n) is 10.7. The van der Waals surface area contributed by atoms with E-state index in [1.165, 1.54) is 0 Å². The number of Topliss-reactive ketones (excluding diaryl/α,β-unsaturated/α-hetero) is 1. The highest BCUT2D eigenvalue weighted by molar-refractivity contribution is 7.89. The maximum absolute atomic E-state index is 13.7. The van der Waals surface area contributed by atoms with Crippen molar-refractivity contribution in [1.82, 2.24) is 14.3 Å². The van der Waals surface area contributed by atoms with Crippen molar-refractivity contribution in [3.05, 3.63) is 41.6 Å². The van der Waals surface area contributed by atoms with Gasteiger partial charge in [-0.1, -0.05) is 44.2 Å². The minimum atomic E-state index is -3.63. The number of carbonyl (C=O) groups is 1. The lowest BCUT2D eigenvalue weighted by Crippen LogP contribution is -2.48. The number of sulfonamides is 1. The second-order valence-corrected chi connectivity index (χ2v) is 12.7. The maximum Gasteiger partial charge on any atom is 0.215 e. The van der Waals surface area contributed by atoms with Crippen molar-refractivity contribution >= 4 is 21.6 Å². The number of hydrogen-bond donors (Lipinski definition) is 0. The molecule has 2 saturated carbocycles. The maximum atomic E-state index is 13.7. The summed E-state index contributed by atoms with van der Waals surface area (Å²) in [5.41, 5.74) is 1.70. The van der Waals surface area contributed by atoms with Crippen molar-refractivity contribution in [2.45, 2.75) is 53.0 Å². The first kappa shape index (κ1) is 23.4. The van der Waals surface area contributed by atoms with Gasteiger partial charge in [-0.05, 0) is 31.1 Å². The van der Waals surface area contributed by atoms with Gasteiger partial charge in [-0.2, -0.15) is 4.31 Å². The molecule has 8 heteroatoms. The first-order chi connectivity index (χ1) is 16.1. The van der Waals surface area contributed by atoms with E-state index in [0.717, 1.165) is 35.6 Å². The molecule has 2 heterocycles. The molecular formula is C26H34N4O3S. The number of benzene rings is 1. The predicted molar refractivity (Wildman–Crippen MR) is 133 cm³/mol. The van der Waals surface area contributed by atoms with Crippen LogP contribution in [0.25, 0.3) is 11.4 Å². The molecular weight excluding hydrogens is 448 g/mol. The number of anilines is 1. The number of fused-ring (bicyclic) bond motifs is 3. The van der Waals surface area contributed by atoms with Crippen LogP contribution in [0.3, 0.4) is 0 Å². The van der Waals surface area contributed by atoms with Gasteiger partial charge in [-0.3, -0.25) is 4.79 Å². The number of carbonyl (C=O) groups excluding carboxylic acids is 1. The first-order valence-electron chi connectivity index (χ1n) is 12.3. The molecule has 1 aromatic carbocycles. The van der Waals surface area contributed by atoms with Crippen molar-refractivity contribution in [1.29, 1.82) is 0 Å². The Hall–Kier alpha value is -2.32. The number of hydrogen-bond acceptors (Lipinski definition) is 6. The van der Waals surface area contributed by atoms with E-state index in [1.807, 2.05) is 42.3 Å². The lowest BCUT2D eigenvalue weighted by Gasteiger charge is -2.38. The zero-order valence-corrected chi connectivity index (χ0v) is 21.4. The molecule has 1 aliphatic heterocycles. The van der Waals surface area contributed by atoms with E-state index in [-0.39, 0.29) is 23.5 Å². The van der Waals surface area contributed by atoms with Gasteiger partial charge >= 0.3 is 0 Å². The molecule has 2 aliphatic carbocycles. The summed E-state index contributed by atoms with van der Waals surface area (Å²) >= 11 is 0. The van der Waals surface area contributed by atoms with Gasteiger partial charge in [-0.25, -0.2) is 18.4 Å². The molecule has 5 rings (SSSR count). The fourth-order valence-corrected chi connectivity index (χ4v) is 8.48. The smallest absolute Gasteiger partial charge is 0.215 e. The van der Waals surface area contributed by atoms with Crippen LogP contribution in [0, 0.1) is 16.7 Å². The van der Waals surface area contributed by atoms with E-state index < -0.39 is 15.4 Å². The molecule has 2 aromatic rings. The molecule has 1 aromatic heterocycles. The Morgan fingerprint density at radius 1 is 1.18 bits per heavy atom. The van der Waals surface area contributed by atoms with Gasteiger partial charge in [0.05, 0.1) is 11.4 Å². The van der Waals surface area contributed by atoms with E-state index in [4.69, 9.17) is 9.97 Å². The predicted octanol–water partition coefficient (Wildman–Crippen LogP) is 3.68. The van der Waals surface area contributed by atoms with Crippen LogP contribution in [0.1, 0.15) is 51.3 Å². The molecule has 7 nitrogen and oxygen atoms in total. The molecule has 0 N–H and O–H groups in total. The van der Waals surface area contributed by atoms with Gasteiger partial charge in [0.25, 0.3) is 0 Å². The van der Waals surface area contributed by atoms with Crippen LogP contribution in [-0.2, 0) is 27.8 Å². The fraction of sp³-hybridized carbons (Fsp3) is 0.577. The zero-order valence-electron chi connectivity index (χ0n) is 20.5. The summed E-state index contributed by atoms with van der Waals surface area (Å²) in [5.74, 6) is 1.80. The highest BCUT2D eigenvalue weighted by Gasteiger charge is 2.65. The number of nitrogens with zero attached hydrogens (tertiary/aromatic N) is 4. The Balaban J connectivity index is 1.48. The van der Waals surface area contributed by atoms with Crippen molar-refractivity contribution in [3.63, 3.8) is 0 Å². The van der Waals surface area contributed by atoms with Crippen LogP contribution in [0.4, 0.5) is 5.82 Å². The molecule has 0 saturated heterocycles. The van der Waals surface area contributed by atoms with Crippen molar-refractivity contribution in [2.24, 2.45) is 16.7 Å². The molecule has 34 heavy (non-hydrogen) atoms. The average Bonchev–Trinajstić information content (AvgIpc) is 3.17. The van der Waals surface area contributed by atoms with E-state index in [0.29, 0.717) is 37.5 Å². The molecule has 182 valence electrons. The van der Waals surface area contributed by atoms with E-state index in [2.05, 4.69) is 20.8 Å². The number of aromatic nitrogens is 2. The molecule has 0 radical (unpaired) electrons. The zero-order chi connectivity index (χ0) is 24.3. The summed E-state index contributed by atoms with van der Waals surface area (Å²) in [6, 6.07) is 9.88. The van der Waals surface area contributed by atoms with Gasteiger partial charge in [0, 0.05) is 56.1 Å². The highest BCUT2D eigenvalue weighted by Crippen LogP contribution is 2.64. The normalized spacial score (nSPS) is 26.0. The summed E-state index contributed by atoms with van der Waals surface area (Å²) in [4.78, 5) is 24.7. The van der Waals surface area contributed by atoms with Crippen molar-refractivity contribution < 1.29 is 13.2 Å². The SMILES string of the molecule is CCN(C)c1nc(-c2ccccc2)nc2c1CN(S(=O)(=O)CC13CCC(CC1=O)C3(C)C)CC2. The summed E-state index contributed by atoms with van der Waals surface area (Å²) < 4.78 is 29.0. The van der Waals surface area contributed by atoms with E-state index in [1.54, 1.807) is 4.31 Å². The van der Waals surface area contributed by atoms with Gasteiger partial charge in [-0.15, -0.1) is 0 Å². The van der Waals surface area contributed by atoms with E-state index >= 15 is 0 Å². The molecule has 2 fully saturated rings. The lowest BCUT2D eigenvalue weighted by molar-refractivity contribution is -0.128. The van der Waals surface area contributed by atoms with E-state index in [9.17, 15) is 13.2 Å². The van der Waals surface area contributed by atoms with Crippen LogP contribution < -0.4 is 4.90 Å². The fourth-order valence-electron chi connectivity index (χ4n) is 6.30. The summed E-state index contributed by atoms with van der Waals surface area (Å²) in [7, 11) is -1.66. The second kappa shape index (κ2) is 8.12. The Bertz CT molecular complexity index is 1230. The molecule has 0 spiro atoms. The third-order valence-electron chi connectivity index (χ3n) is 8.83. The minimum absolute atomic E-state index is 0.0838. The van der Waals surface area contributed by atoms with Crippen LogP contribution >= 0.6 is 0 Å². The molecule has 2 bridgehead atoms. The quantitative estimate of drug-likeness (QED) is 0.625. The molecule has 0 amide bonds. The topological polar surface area (TPSA) is 83.5 Å². The van der Waals surface area contributed by atoms with Gasteiger partial charge in [0.2, 0.25) is 10.0 Å².